The van der Waals surface area contributed by atoms with Gasteiger partial charge >= 0.3 is 0 Å². The van der Waals surface area contributed by atoms with E-state index in [0.717, 1.165) is 25.7 Å². The fourth-order valence-corrected chi connectivity index (χ4v) is 4.63. The summed E-state index contributed by atoms with van der Waals surface area (Å²) in [5, 5.41) is 13.0. The zero-order chi connectivity index (χ0) is 25.8. The van der Waals surface area contributed by atoms with E-state index in [1.807, 2.05) is 0 Å². The average molecular weight is 534 g/mol. The van der Waals surface area contributed by atoms with Crippen LogP contribution in [0.3, 0.4) is 0 Å². The van der Waals surface area contributed by atoms with Crippen LogP contribution in [-0.4, -0.2) is 27.8 Å². The molecule has 1 aromatic carbocycles. The fourth-order valence-electron chi connectivity index (χ4n) is 2.98. The molecule has 0 bridgehead atoms. The van der Waals surface area contributed by atoms with E-state index in [-0.39, 0.29) is 27.8 Å². The highest BCUT2D eigenvalue weighted by Gasteiger charge is 2.40. The lowest BCUT2D eigenvalue weighted by atomic mass is 9.93. The maximum Gasteiger partial charge on any atom is 0.192 e. The summed E-state index contributed by atoms with van der Waals surface area (Å²) < 4.78 is 20.5. The Balaban J connectivity index is 0.000000582. The van der Waals surface area contributed by atoms with Crippen LogP contribution in [0.5, 0.6) is 0 Å². The molecule has 1 aliphatic rings. The third kappa shape index (κ3) is 9.18. The highest BCUT2D eigenvalue weighted by molar-refractivity contribution is 7.20. The number of nitrogens with zero attached hydrogens (tertiary/aromatic N) is 1. The third-order valence-corrected chi connectivity index (χ3v) is 17.3. The topological polar surface area (TPSA) is 45.0 Å². The molecule has 0 heterocycles. The van der Waals surface area contributed by atoms with Gasteiger partial charge in [-0.2, -0.15) is 16.3 Å². The second kappa shape index (κ2) is 11.4. The van der Waals surface area contributed by atoms with Crippen molar-refractivity contribution in [3.63, 3.8) is 0 Å². The van der Waals surface area contributed by atoms with Gasteiger partial charge in [-0.3, -0.25) is 0 Å². The maximum atomic E-state index is 13.9. The van der Waals surface area contributed by atoms with Gasteiger partial charge in [0.2, 0.25) is 0 Å². The van der Waals surface area contributed by atoms with Gasteiger partial charge in [0.05, 0.1) is 5.02 Å². The van der Waals surface area contributed by atoms with E-state index in [4.69, 9.17) is 32.4 Å². The Hall–Kier alpha value is -0.586. The molecule has 0 aromatic heterocycles. The summed E-state index contributed by atoms with van der Waals surface area (Å²) in [4.78, 5) is 0. The number of anilines is 1. The Morgan fingerprint density at radius 2 is 1.61 bits per heavy atom. The Kier molecular flexibility index (Phi) is 10.5. The standard InChI is InChI=1S/C19H28ClFN2OSi.C6H15ClSi/c1-19(2,3)25(4,5)24-15-8-6-7-13(9-15)23-14-10-17(20)16(12-22)18(21)11-14;1-6(2,3)8(4,5)7/h10-11,13,15,23H,6-9H2,1-5H3;1-5H3. The Morgan fingerprint density at radius 3 is 2.03 bits per heavy atom. The van der Waals surface area contributed by atoms with Crippen LogP contribution in [0.2, 0.25) is 41.3 Å². The van der Waals surface area contributed by atoms with Crippen molar-refractivity contribution in [1.29, 1.82) is 5.26 Å². The number of nitrogens with one attached hydrogen (secondary N) is 1. The summed E-state index contributed by atoms with van der Waals surface area (Å²) in [6, 6.07) is 5.00. The van der Waals surface area contributed by atoms with Crippen molar-refractivity contribution in [3.8, 4) is 6.07 Å². The van der Waals surface area contributed by atoms with Crippen LogP contribution in [0.25, 0.3) is 0 Å². The van der Waals surface area contributed by atoms with Crippen molar-refractivity contribution in [1.82, 2.24) is 0 Å². The minimum absolute atomic E-state index is 0.102. The molecule has 2 atom stereocenters. The highest BCUT2D eigenvalue weighted by atomic mass is 35.6. The van der Waals surface area contributed by atoms with Crippen molar-refractivity contribution in [3.05, 3.63) is 28.5 Å². The lowest BCUT2D eigenvalue weighted by molar-refractivity contribution is 0.132. The predicted octanol–water partition coefficient (Wildman–Crippen LogP) is 9.33. The molecule has 33 heavy (non-hydrogen) atoms. The van der Waals surface area contributed by atoms with E-state index >= 15 is 0 Å². The van der Waals surface area contributed by atoms with E-state index in [9.17, 15) is 4.39 Å². The van der Waals surface area contributed by atoms with Gasteiger partial charge in [0.25, 0.3) is 0 Å². The van der Waals surface area contributed by atoms with Gasteiger partial charge in [0.1, 0.15) is 17.4 Å². The van der Waals surface area contributed by atoms with E-state index < -0.39 is 21.5 Å². The Labute approximate surface area is 213 Å². The van der Waals surface area contributed by atoms with Crippen LogP contribution in [-0.2, 0) is 4.43 Å². The SMILES string of the molecule is CC(C)(C)[Si](C)(C)Cl.CC(C)(C)[Si](C)(C)OC1CCCC(Nc2cc(F)c(C#N)c(Cl)c2)C1. The molecule has 2 unspecified atom stereocenters. The van der Waals surface area contributed by atoms with Crippen molar-refractivity contribution in [2.45, 2.75) is 116 Å². The summed E-state index contributed by atoms with van der Waals surface area (Å²) in [6.45, 7) is 22.3. The lowest BCUT2D eigenvalue weighted by Crippen LogP contribution is -2.46. The Morgan fingerprint density at radius 1 is 1.06 bits per heavy atom. The summed E-state index contributed by atoms with van der Waals surface area (Å²) in [5.41, 5.74) is 0.523. The molecular formula is C25H43Cl2FN2OSi2. The molecular weight excluding hydrogens is 490 g/mol. The molecule has 2 rings (SSSR count). The molecule has 1 fully saturated rings. The quantitative estimate of drug-likeness (QED) is 0.310. The Bertz CT molecular complexity index is 802. The molecule has 0 aliphatic heterocycles. The second-order valence-electron chi connectivity index (χ2n) is 12.2. The third-order valence-electron chi connectivity index (χ3n) is 7.20. The first-order valence-corrected chi connectivity index (χ1v) is 19.1. The number of benzene rings is 1. The molecule has 0 saturated heterocycles. The van der Waals surface area contributed by atoms with Crippen molar-refractivity contribution in [2.75, 3.05) is 5.32 Å². The normalized spacial score (nSPS) is 19.9. The molecule has 188 valence electrons. The molecule has 1 aliphatic carbocycles. The number of rotatable bonds is 4. The van der Waals surface area contributed by atoms with Gasteiger partial charge in [0, 0.05) is 17.8 Å². The zero-order valence-corrected chi connectivity index (χ0v) is 25.6. The van der Waals surface area contributed by atoms with Gasteiger partial charge in [-0.15, -0.1) is 0 Å². The molecule has 0 spiro atoms. The highest BCUT2D eigenvalue weighted by Crippen LogP contribution is 2.40. The molecule has 1 aromatic rings. The van der Waals surface area contributed by atoms with E-state index in [1.54, 1.807) is 12.1 Å². The fraction of sp³-hybridized carbons (Fsp3) is 0.720. The summed E-state index contributed by atoms with van der Waals surface area (Å²) in [5.74, 6) is -0.581. The summed E-state index contributed by atoms with van der Waals surface area (Å²) >= 11 is 12.1. The predicted molar refractivity (Wildman–Crippen MR) is 147 cm³/mol. The zero-order valence-electron chi connectivity index (χ0n) is 22.1. The molecule has 1 N–H and O–H groups in total. The monoisotopic (exact) mass is 532 g/mol. The van der Waals surface area contributed by atoms with Crippen molar-refractivity contribution < 1.29 is 8.82 Å². The number of nitriles is 1. The molecule has 8 heteroatoms. The number of hydrogen-bond acceptors (Lipinski definition) is 3. The van der Waals surface area contributed by atoms with Gasteiger partial charge in [0.15, 0.2) is 15.7 Å². The first-order valence-electron chi connectivity index (χ1n) is 11.8. The van der Waals surface area contributed by atoms with Crippen LogP contribution in [0.1, 0.15) is 72.8 Å². The smallest absolute Gasteiger partial charge is 0.192 e. The summed E-state index contributed by atoms with van der Waals surface area (Å²) in [6.07, 6.45) is 4.34. The van der Waals surface area contributed by atoms with Crippen LogP contribution < -0.4 is 5.32 Å². The minimum atomic E-state index is -1.79. The molecule has 3 nitrogen and oxygen atoms in total. The van der Waals surface area contributed by atoms with Gasteiger partial charge < -0.3 is 9.74 Å². The minimum Gasteiger partial charge on any atom is -0.414 e. The number of hydrogen-bond donors (Lipinski definition) is 1. The van der Waals surface area contributed by atoms with Crippen LogP contribution in [0.4, 0.5) is 10.1 Å². The van der Waals surface area contributed by atoms with Crippen molar-refractivity contribution >= 4 is 44.1 Å². The van der Waals surface area contributed by atoms with Crippen LogP contribution >= 0.6 is 22.7 Å². The van der Waals surface area contributed by atoms with E-state index in [1.165, 1.54) is 6.07 Å². The van der Waals surface area contributed by atoms with Gasteiger partial charge in [-0.25, -0.2) is 4.39 Å². The van der Waals surface area contributed by atoms with E-state index in [0.29, 0.717) is 10.7 Å². The second-order valence-corrected chi connectivity index (χ2v) is 24.6. The molecule has 0 amide bonds. The molecule has 0 radical (unpaired) electrons. The van der Waals surface area contributed by atoms with Crippen LogP contribution in [0.15, 0.2) is 12.1 Å². The number of halogens is 3. The van der Waals surface area contributed by atoms with Gasteiger partial charge in [-0.05, 0) is 61.0 Å². The first-order chi connectivity index (χ1) is 14.8. The summed E-state index contributed by atoms with van der Waals surface area (Å²) in [7, 11) is -3.18. The maximum absolute atomic E-state index is 13.9. The first kappa shape index (κ1) is 30.4. The molecule has 1 saturated carbocycles. The van der Waals surface area contributed by atoms with Gasteiger partial charge in [-0.1, -0.05) is 66.2 Å². The van der Waals surface area contributed by atoms with Crippen LogP contribution in [0, 0.1) is 17.1 Å². The van der Waals surface area contributed by atoms with E-state index in [2.05, 4.69) is 73.0 Å². The lowest BCUT2D eigenvalue weighted by Gasteiger charge is -2.41. The largest absolute Gasteiger partial charge is 0.414 e. The van der Waals surface area contributed by atoms with Crippen molar-refractivity contribution in [2.24, 2.45) is 0 Å². The average Bonchev–Trinajstić information content (AvgIpc) is 2.59.